The first-order chi connectivity index (χ1) is 16.0. The number of anilines is 1. The van der Waals surface area contributed by atoms with E-state index in [1.165, 1.54) is 11.0 Å². The Morgan fingerprint density at radius 1 is 1.06 bits per heavy atom. The molecule has 0 heterocycles. The Kier molecular flexibility index (Phi) is 9.94. The SMILES string of the molecule is CCCNC(=O)[C@@H](CC)N(Cc1ccc(C)cc1)C(=O)CN(c1ccc(C)c(Cl)c1)S(C)(=O)=O. The van der Waals surface area contributed by atoms with Gasteiger partial charge < -0.3 is 10.2 Å². The molecule has 34 heavy (non-hydrogen) atoms. The van der Waals surface area contributed by atoms with Crippen molar-refractivity contribution in [2.75, 3.05) is 23.7 Å². The molecule has 0 radical (unpaired) electrons. The Hall–Kier alpha value is -2.58. The zero-order valence-corrected chi connectivity index (χ0v) is 22.0. The summed E-state index contributed by atoms with van der Waals surface area (Å²) < 4.78 is 26.3. The van der Waals surface area contributed by atoms with E-state index < -0.39 is 28.5 Å². The summed E-state index contributed by atoms with van der Waals surface area (Å²) in [6, 6.07) is 11.8. The number of aryl methyl sites for hydroxylation is 2. The molecule has 7 nitrogen and oxygen atoms in total. The summed E-state index contributed by atoms with van der Waals surface area (Å²) in [5.74, 6) is -0.727. The molecule has 0 aliphatic rings. The molecule has 186 valence electrons. The number of sulfonamides is 1. The summed E-state index contributed by atoms with van der Waals surface area (Å²) >= 11 is 6.22. The molecule has 1 atom stereocenters. The van der Waals surface area contributed by atoms with E-state index in [1.54, 1.807) is 12.1 Å². The Balaban J connectivity index is 2.43. The number of carbonyl (C=O) groups is 2. The van der Waals surface area contributed by atoms with Crippen LogP contribution in [-0.4, -0.2) is 50.5 Å². The van der Waals surface area contributed by atoms with Gasteiger partial charge in [0.15, 0.2) is 0 Å². The van der Waals surface area contributed by atoms with Crippen LogP contribution in [-0.2, 0) is 26.2 Å². The number of nitrogens with one attached hydrogen (secondary N) is 1. The number of benzene rings is 2. The fourth-order valence-electron chi connectivity index (χ4n) is 3.53. The van der Waals surface area contributed by atoms with E-state index in [4.69, 9.17) is 11.6 Å². The maximum atomic E-state index is 13.6. The average molecular weight is 508 g/mol. The van der Waals surface area contributed by atoms with Crippen LogP contribution in [0.4, 0.5) is 5.69 Å². The monoisotopic (exact) mass is 507 g/mol. The highest BCUT2D eigenvalue weighted by atomic mass is 35.5. The lowest BCUT2D eigenvalue weighted by Gasteiger charge is -2.33. The minimum atomic E-state index is -3.79. The molecule has 0 spiro atoms. The molecule has 2 aromatic rings. The molecular formula is C25H34ClN3O4S. The Bertz CT molecular complexity index is 1100. The number of hydrogen-bond acceptors (Lipinski definition) is 4. The molecule has 0 aliphatic carbocycles. The van der Waals surface area contributed by atoms with Crippen LogP contribution in [0.15, 0.2) is 42.5 Å². The predicted molar refractivity (Wildman–Crippen MR) is 137 cm³/mol. The van der Waals surface area contributed by atoms with Gasteiger partial charge in [-0.05, 0) is 49.9 Å². The van der Waals surface area contributed by atoms with Crippen LogP contribution >= 0.6 is 11.6 Å². The summed E-state index contributed by atoms with van der Waals surface area (Å²) in [4.78, 5) is 27.9. The van der Waals surface area contributed by atoms with Gasteiger partial charge in [-0.3, -0.25) is 13.9 Å². The molecule has 0 aromatic heterocycles. The fraction of sp³-hybridized carbons (Fsp3) is 0.440. The Labute approximate surface area is 208 Å². The standard InChI is InChI=1S/C25H34ClN3O4S/c1-6-14-27-25(31)23(7-2)28(16-20-11-8-18(3)9-12-20)24(30)17-29(34(5,32)33)21-13-10-19(4)22(26)15-21/h8-13,15,23H,6-7,14,16-17H2,1-5H3,(H,27,31)/t23-/m1/s1. The maximum Gasteiger partial charge on any atom is 0.244 e. The van der Waals surface area contributed by atoms with E-state index in [2.05, 4.69) is 5.32 Å². The van der Waals surface area contributed by atoms with E-state index in [0.29, 0.717) is 23.7 Å². The van der Waals surface area contributed by atoms with Gasteiger partial charge in [0, 0.05) is 18.1 Å². The van der Waals surface area contributed by atoms with Gasteiger partial charge >= 0.3 is 0 Å². The number of hydrogen-bond donors (Lipinski definition) is 1. The van der Waals surface area contributed by atoms with E-state index in [-0.39, 0.29) is 12.5 Å². The van der Waals surface area contributed by atoms with Crippen LogP contribution in [0.3, 0.4) is 0 Å². The highest BCUT2D eigenvalue weighted by molar-refractivity contribution is 7.92. The van der Waals surface area contributed by atoms with Crippen molar-refractivity contribution in [1.29, 1.82) is 0 Å². The van der Waals surface area contributed by atoms with Crippen LogP contribution in [0.1, 0.15) is 43.4 Å². The van der Waals surface area contributed by atoms with Gasteiger partial charge in [0.1, 0.15) is 12.6 Å². The molecule has 9 heteroatoms. The Morgan fingerprint density at radius 3 is 2.24 bits per heavy atom. The predicted octanol–water partition coefficient (Wildman–Crippen LogP) is 4.06. The van der Waals surface area contributed by atoms with Crippen molar-refractivity contribution in [3.8, 4) is 0 Å². The van der Waals surface area contributed by atoms with E-state index >= 15 is 0 Å². The second-order valence-electron chi connectivity index (χ2n) is 8.43. The van der Waals surface area contributed by atoms with Crippen molar-refractivity contribution in [2.24, 2.45) is 0 Å². The highest BCUT2D eigenvalue weighted by Crippen LogP contribution is 2.25. The van der Waals surface area contributed by atoms with Crippen LogP contribution in [0.25, 0.3) is 0 Å². The lowest BCUT2D eigenvalue weighted by Crippen LogP contribution is -2.52. The lowest BCUT2D eigenvalue weighted by atomic mass is 10.1. The largest absolute Gasteiger partial charge is 0.354 e. The van der Waals surface area contributed by atoms with E-state index in [0.717, 1.165) is 33.7 Å². The molecular weight excluding hydrogens is 474 g/mol. The van der Waals surface area contributed by atoms with Gasteiger partial charge in [-0.15, -0.1) is 0 Å². The molecule has 0 bridgehead atoms. The first-order valence-electron chi connectivity index (χ1n) is 11.3. The van der Waals surface area contributed by atoms with Gasteiger partial charge in [0.25, 0.3) is 0 Å². The van der Waals surface area contributed by atoms with Crippen molar-refractivity contribution in [3.63, 3.8) is 0 Å². The van der Waals surface area contributed by atoms with Crippen LogP contribution < -0.4 is 9.62 Å². The third-order valence-corrected chi connectivity index (χ3v) is 7.08. The first-order valence-corrected chi connectivity index (χ1v) is 13.6. The van der Waals surface area contributed by atoms with E-state index in [1.807, 2.05) is 52.0 Å². The summed E-state index contributed by atoms with van der Waals surface area (Å²) in [5, 5.41) is 3.26. The first kappa shape index (κ1) is 27.7. The lowest BCUT2D eigenvalue weighted by molar-refractivity contribution is -0.140. The zero-order valence-electron chi connectivity index (χ0n) is 20.5. The summed E-state index contributed by atoms with van der Waals surface area (Å²) in [6.07, 6.45) is 2.20. The van der Waals surface area contributed by atoms with Crippen LogP contribution in [0.2, 0.25) is 5.02 Å². The number of rotatable bonds is 11. The highest BCUT2D eigenvalue weighted by Gasteiger charge is 2.31. The fourth-order valence-corrected chi connectivity index (χ4v) is 4.54. The van der Waals surface area contributed by atoms with Crippen LogP contribution in [0.5, 0.6) is 0 Å². The van der Waals surface area contributed by atoms with Gasteiger partial charge in [0.2, 0.25) is 21.8 Å². The molecule has 0 saturated carbocycles. The van der Waals surface area contributed by atoms with Gasteiger partial charge in [-0.25, -0.2) is 8.42 Å². The summed E-state index contributed by atoms with van der Waals surface area (Å²) in [5.41, 5.74) is 3.02. The normalized spacial score (nSPS) is 12.2. The molecule has 0 saturated heterocycles. The third-order valence-electron chi connectivity index (χ3n) is 5.53. The van der Waals surface area contributed by atoms with Crippen LogP contribution in [0, 0.1) is 13.8 Å². The van der Waals surface area contributed by atoms with Gasteiger partial charge in [-0.2, -0.15) is 0 Å². The summed E-state index contributed by atoms with van der Waals surface area (Å²) in [6.45, 7) is 7.81. The third kappa shape index (κ3) is 7.46. The summed E-state index contributed by atoms with van der Waals surface area (Å²) in [7, 11) is -3.79. The minimum Gasteiger partial charge on any atom is -0.354 e. The topological polar surface area (TPSA) is 86.8 Å². The number of nitrogens with zero attached hydrogens (tertiary/aromatic N) is 2. The zero-order chi connectivity index (χ0) is 25.5. The number of amides is 2. The molecule has 0 aliphatic heterocycles. The van der Waals surface area contributed by atoms with Gasteiger partial charge in [0.05, 0.1) is 11.9 Å². The molecule has 2 amide bonds. The molecule has 1 N–H and O–H groups in total. The van der Waals surface area contributed by atoms with Crippen molar-refractivity contribution < 1.29 is 18.0 Å². The van der Waals surface area contributed by atoms with E-state index in [9.17, 15) is 18.0 Å². The molecule has 0 fully saturated rings. The average Bonchev–Trinajstić information content (AvgIpc) is 2.78. The second kappa shape index (κ2) is 12.2. The van der Waals surface area contributed by atoms with Crippen molar-refractivity contribution in [2.45, 2.75) is 53.1 Å². The Morgan fingerprint density at radius 2 is 1.71 bits per heavy atom. The van der Waals surface area contributed by atoms with Crippen molar-refractivity contribution in [1.82, 2.24) is 10.2 Å². The smallest absolute Gasteiger partial charge is 0.244 e. The minimum absolute atomic E-state index is 0.184. The number of carbonyl (C=O) groups excluding carboxylic acids is 2. The second-order valence-corrected chi connectivity index (χ2v) is 10.7. The molecule has 2 rings (SSSR count). The van der Waals surface area contributed by atoms with Crippen molar-refractivity contribution >= 4 is 39.1 Å². The quantitative estimate of drug-likeness (QED) is 0.497. The van der Waals surface area contributed by atoms with Gasteiger partial charge in [-0.1, -0.05) is 61.3 Å². The number of halogens is 1. The molecule has 0 unspecified atom stereocenters. The molecule has 2 aromatic carbocycles. The van der Waals surface area contributed by atoms with Crippen molar-refractivity contribution in [3.05, 3.63) is 64.2 Å². The maximum absolute atomic E-state index is 13.6.